The number of fused-ring (bicyclic) bond motifs is 1. The molecule has 6 nitrogen and oxygen atoms in total. The Morgan fingerprint density at radius 3 is 2.95 bits per heavy atom. The minimum atomic E-state index is -0.916. The largest absolute Gasteiger partial charge is 0.494 e. The number of amides is 1. The van der Waals surface area contributed by atoms with E-state index in [1.54, 1.807) is 0 Å². The Bertz CT molecular complexity index is 712. The fourth-order valence-corrected chi connectivity index (χ4v) is 3.07. The third-order valence-corrected chi connectivity index (χ3v) is 4.28. The molecule has 1 fully saturated rings. The molecule has 2 aromatic rings. The van der Waals surface area contributed by atoms with Crippen molar-refractivity contribution in [1.82, 2.24) is 4.98 Å². The van der Waals surface area contributed by atoms with Crippen LogP contribution in [0.3, 0.4) is 0 Å². The molecule has 2 atom stereocenters. The van der Waals surface area contributed by atoms with Crippen LogP contribution in [0.25, 0.3) is 10.2 Å². The summed E-state index contributed by atoms with van der Waals surface area (Å²) in [6, 6.07) is 5.55. The molecule has 1 aromatic carbocycles. The maximum Gasteiger partial charge on any atom is 0.307 e. The number of thiazole rings is 1. The molecule has 110 valence electrons. The molecule has 0 saturated heterocycles. The van der Waals surface area contributed by atoms with Crippen LogP contribution < -0.4 is 10.1 Å². The molecule has 1 saturated carbocycles. The van der Waals surface area contributed by atoms with E-state index in [4.69, 9.17) is 9.84 Å². The Morgan fingerprint density at radius 1 is 1.48 bits per heavy atom. The summed E-state index contributed by atoms with van der Waals surface area (Å²) >= 11 is 1.35. The molecule has 3 rings (SSSR count). The van der Waals surface area contributed by atoms with E-state index in [9.17, 15) is 9.59 Å². The maximum atomic E-state index is 11.9. The van der Waals surface area contributed by atoms with Crippen LogP contribution in [0, 0.1) is 11.8 Å². The molecule has 0 bridgehead atoms. The molecule has 1 aromatic heterocycles. The lowest BCUT2D eigenvalue weighted by Crippen LogP contribution is -2.16. The summed E-state index contributed by atoms with van der Waals surface area (Å²) in [6.45, 7) is 2.50. The van der Waals surface area contributed by atoms with Gasteiger partial charge in [-0.05, 0) is 31.5 Å². The number of carboxylic acids is 1. The molecule has 7 heteroatoms. The summed E-state index contributed by atoms with van der Waals surface area (Å²) in [7, 11) is 0. The summed E-state index contributed by atoms with van der Waals surface area (Å²) < 4.78 is 6.34. The first-order chi connectivity index (χ1) is 10.1. The average molecular weight is 306 g/mol. The van der Waals surface area contributed by atoms with E-state index < -0.39 is 17.8 Å². The summed E-state index contributed by atoms with van der Waals surface area (Å²) in [5.41, 5.74) is 0.782. The van der Waals surface area contributed by atoms with E-state index in [1.807, 2.05) is 25.1 Å². The molecule has 1 aliphatic carbocycles. The van der Waals surface area contributed by atoms with Gasteiger partial charge in [0.05, 0.1) is 28.7 Å². The van der Waals surface area contributed by atoms with Crippen molar-refractivity contribution in [2.24, 2.45) is 11.8 Å². The number of ether oxygens (including phenoxy) is 1. The summed E-state index contributed by atoms with van der Waals surface area (Å²) in [6.07, 6.45) is 0.403. The smallest absolute Gasteiger partial charge is 0.307 e. The Balaban J connectivity index is 1.73. The average Bonchev–Trinajstić information content (AvgIpc) is 3.15. The zero-order valence-corrected chi connectivity index (χ0v) is 12.1. The second kappa shape index (κ2) is 5.33. The quantitative estimate of drug-likeness (QED) is 0.885. The zero-order chi connectivity index (χ0) is 15.0. The normalized spacial score (nSPS) is 20.2. The fraction of sp³-hybridized carbons (Fsp3) is 0.357. The third kappa shape index (κ3) is 2.82. The van der Waals surface area contributed by atoms with Crippen molar-refractivity contribution in [1.29, 1.82) is 0 Å². The number of hydrogen-bond donors (Lipinski definition) is 2. The summed E-state index contributed by atoms with van der Waals surface area (Å²) in [4.78, 5) is 27.0. The molecular formula is C14H14N2O4S. The fourth-order valence-electron chi connectivity index (χ4n) is 2.17. The molecule has 1 amide bonds. The number of anilines is 1. The predicted molar refractivity (Wildman–Crippen MR) is 78.7 cm³/mol. The SMILES string of the molecule is CCOc1ccc2nc(NC(=O)C3CC3C(=O)O)sc2c1. The molecule has 0 radical (unpaired) electrons. The molecule has 0 aliphatic heterocycles. The standard InChI is InChI=1S/C14H14N2O4S/c1-2-20-7-3-4-10-11(5-7)21-14(15-10)16-12(17)8-6-9(8)13(18)19/h3-5,8-9H,2,6H2,1H3,(H,18,19)(H,15,16,17). The van der Waals surface area contributed by atoms with Crippen LogP contribution in [0.2, 0.25) is 0 Å². The number of nitrogens with zero attached hydrogens (tertiary/aromatic N) is 1. The van der Waals surface area contributed by atoms with Crippen LogP contribution in [-0.4, -0.2) is 28.6 Å². The first-order valence-electron chi connectivity index (χ1n) is 6.65. The van der Waals surface area contributed by atoms with Crippen molar-refractivity contribution in [3.05, 3.63) is 18.2 Å². The van der Waals surface area contributed by atoms with E-state index in [-0.39, 0.29) is 5.91 Å². The Kier molecular flexibility index (Phi) is 3.50. The van der Waals surface area contributed by atoms with Gasteiger partial charge in [-0.3, -0.25) is 9.59 Å². The van der Waals surface area contributed by atoms with Crippen LogP contribution >= 0.6 is 11.3 Å². The topological polar surface area (TPSA) is 88.5 Å². The maximum absolute atomic E-state index is 11.9. The van der Waals surface area contributed by atoms with Gasteiger partial charge in [0.15, 0.2) is 5.13 Å². The molecule has 1 heterocycles. The van der Waals surface area contributed by atoms with Crippen molar-refractivity contribution in [3.63, 3.8) is 0 Å². The Morgan fingerprint density at radius 2 is 2.29 bits per heavy atom. The number of nitrogens with one attached hydrogen (secondary N) is 1. The molecule has 1 aliphatic rings. The molecule has 0 spiro atoms. The number of hydrogen-bond acceptors (Lipinski definition) is 5. The lowest BCUT2D eigenvalue weighted by Gasteiger charge is -2.00. The van der Waals surface area contributed by atoms with Gasteiger partial charge < -0.3 is 15.2 Å². The van der Waals surface area contributed by atoms with E-state index in [2.05, 4.69) is 10.3 Å². The number of aliphatic carboxylic acids is 1. The highest BCUT2D eigenvalue weighted by Crippen LogP contribution is 2.40. The first-order valence-corrected chi connectivity index (χ1v) is 7.47. The van der Waals surface area contributed by atoms with Crippen molar-refractivity contribution >= 4 is 38.6 Å². The van der Waals surface area contributed by atoms with Gasteiger partial charge in [-0.1, -0.05) is 11.3 Å². The van der Waals surface area contributed by atoms with E-state index in [0.717, 1.165) is 16.0 Å². The molecule has 2 N–H and O–H groups in total. The van der Waals surface area contributed by atoms with Crippen molar-refractivity contribution in [3.8, 4) is 5.75 Å². The lowest BCUT2D eigenvalue weighted by atomic mass is 10.3. The van der Waals surface area contributed by atoms with Crippen molar-refractivity contribution in [2.45, 2.75) is 13.3 Å². The highest BCUT2D eigenvalue weighted by Gasteiger charge is 2.48. The minimum absolute atomic E-state index is 0.272. The van der Waals surface area contributed by atoms with Gasteiger partial charge in [-0.15, -0.1) is 0 Å². The number of carbonyl (C=O) groups excluding carboxylic acids is 1. The first kappa shape index (κ1) is 13.8. The van der Waals surface area contributed by atoms with Crippen LogP contribution in [-0.2, 0) is 9.59 Å². The summed E-state index contributed by atoms with van der Waals surface area (Å²) in [5.74, 6) is -1.41. The number of benzene rings is 1. The minimum Gasteiger partial charge on any atom is -0.494 e. The van der Waals surface area contributed by atoms with Crippen molar-refractivity contribution < 1.29 is 19.4 Å². The lowest BCUT2D eigenvalue weighted by molar-refractivity contribution is -0.139. The van der Waals surface area contributed by atoms with Gasteiger partial charge in [-0.25, -0.2) is 4.98 Å². The van der Waals surface area contributed by atoms with Gasteiger partial charge in [0, 0.05) is 0 Å². The van der Waals surface area contributed by atoms with Gasteiger partial charge >= 0.3 is 5.97 Å². The van der Waals surface area contributed by atoms with E-state index >= 15 is 0 Å². The van der Waals surface area contributed by atoms with Gasteiger partial charge in [0.25, 0.3) is 0 Å². The van der Waals surface area contributed by atoms with Gasteiger partial charge in [0.2, 0.25) is 5.91 Å². The van der Waals surface area contributed by atoms with Crippen molar-refractivity contribution in [2.75, 3.05) is 11.9 Å². The van der Waals surface area contributed by atoms with E-state index in [0.29, 0.717) is 18.2 Å². The number of carboxylic acid groups (broad SMARTS) is 1. The van der Waals surface area contributed by atoms with Gasteiger partial charge in [-0.2, -0.15) is 0 Å². The number of carbonyl (C=O) groups is 2. The van der Waals surface area contributed by atoms with Crippen LogP contribution in [0.4, 0.5) is 5.13 Å². The highest BCUT2D eigenvalue weighted by atomic mass is 32.1. The Labute approximate surface area is 124 Å². The summed E-state index contributed by atoms with van der Waals surface area (Å²) in [5, 5.41) is 12.0. The number of rotatable bonds is 5. The monoisotopic (exact) mass is 306 g/mol. The van der Waals surface area contributed by atoms with Gasteiger partial charge in [0.1, 0.15) is 5.75 Å². The molecular weight excluding hydrogens is 292 g/mol. The van der Waals surface area contributed by atoms with Crippen LogP contribution in [0.15, 0.2) is 18.2 Å². The van der Waals surface area contributed by atoms with Crippen LogP contribution in [0.5, 0.6) is 5.75 Å². The number of aromatic nitrogens is 1. The van der Waals surface area contributed by atoms with Crippen LogP contribution in [0.1, 0.15) is 13.3 Å². The molecule has 2 unspecified atom stereocenters. The zero-order valence-electron chi connectivity index (χ0n) is 11.3. The second-order valence-electron chi connectivity index (χ2n) is 4.86. The Hall–Kier alpha value is -2.15. The molecule has 21 heavy (non-hydrogen) atoms. The third-order valence-electron chi connectivity index (χ3n) is 3.35. The van der Waals surface area contributed by atoms with E-state index in [1.165, 1.54) is 11.3 Å². The second-order valence-corrected chi connectivity index (χ2v) is 5.89. The predicted octanol–water partition coefficient (Wildman–Crippen LogP) is 2.35. The highest BCUT2D eigenvalue weighted by molar-refractivity contribution is 7.22.